The highest BCUT2D eigenvalue weighted by Crippen LogP contribution is 2.46. The number of phenolic OH excluding ortho intramolecular Hbond substituents is 1. The Morgan fingerprint density at radius 2 is 1.94 bits per heavy atom. The summed E-state index contributed by atoms with van der Waals surface area (Å²) in [4.78, 5) is 17.2. The van der Waals surface area contributed by atoms with Gasteiger partial charge in [-0.2, -0.15) is 0 Å². The van der Waals surface area contributed by atoms with Crippen molar-refractivity contribution in [1.82, 2.24) is 10.3 Å². The van der Waals surface area contributed by atoms with E-state index in [1.54, 1.807) is 68.4 Å². The van der Waals surface area contributed by atoms with Crippen molar-refractivity contribution in [2.24, 2.45) is 10.1 Å². The second-order valence-electron chi connectivity index (χ2n) is 8.35. The number of nitrogens with one attached hydrogen (secondary N) is 2. The maximum Gasteiger partial charge on any atom is 0.251 e. The lowest BCUT2D eigenvalue weighted by Gasteiger charge is -2.34. The van der Waals surface area contributed by atoms with Crippen molar-refractivity contribution in [3.8, 4) is 22.8 Å². The maximum atomic E-state index is 12.9. The van der Waals surface area contributed by atoms with Crippen LogP contribution in [0.15, 0.2) is 65.2 Å². The highest BCUT2D eigenvalue weighted by molar-refractivity contribution is 8.24. The minimum Gasteiger partial charge on any atom is -0.507 e. The van der Waals surface area contributed by atoms with E-state index in [1.807, 2.05) is 0 Å². The first-order valence-electron chi connectivity index (χ1n) is 10.3. The van der Waals surface area contributed by atoms with Crippen molar-refractivity contribution in [2.45, 2.75) is 19.4 Å². The number of carbonyl (C=O) groups is 1. The third-order valence-corrected chi connectivity index (χ3v) is 5.94. The molecule has 0 saturated heterocycles. The van der Waals surface area contributed by atoms with Gasteiger partial charge in [0, 0.05) is 17.3 Å². The highest BCUT2D eigenvalue weighted by Gasteiger charge is 2.27. The molecule has 7 N–H and O–H groups in total. The van der Waals surface area contributed by atoms with Gasteiger partial charge in [0.2, 0.25) is 0 Å². The molecule has 178 valence electrons. The molecule has 1 aromatic heterocycles. The lowest BCUT2D eigenvalue weighted by molar-refractivity contribution is 0.0880. The van der Waals surface area contributed by atoms with Gasteiger partial charge in [-0.15, -0.1) is 4.40 Å². The van der Waals surface area contributed by atoms with Crippen LogP contribution in [0.5, 0.6) is 11.5 Å². The SMILES string of the molecule is CC(C)(COc1cccc2c1C(N)=NS(O)(O)N2)NC(=O)c1ccnc(-c2ccccc2O)c1. The van der Waals surface area contributed by atoms with Crippen LogP contribution in [-0.4, -0.2) is 43.1 Å². The Hall–Kier alpha value is -3.80. The molecule has 0 saturated carbocycles. The number of fused-ring (bicyclic) bond motifs is 1. The van der Waals surface area contributed by atoms with Gasteiger partial charge in [0.25, 0.3) is 5.91 Å². The number of carbonyl (C=O) groups excluding carboxylic acids is 1. The summed E-state index contributed by atoms with van der Waals surface area (Å²) in [5, 5.41) is 13.0. The van der Waals surface area contributed by atoms with Gasteiger partial charge in [-0.1, -0.05) is 18.2 Å². The van der Waals surface area contributed by atoms with Crippen molar-refractivity contribution in [3.05, 3.63) is 71.9 Å². The van der Waals surface area contributed by atoms with Crippen molar-refractivity contribution < 1.29 is 23.7 Å². The molecule has 1 aliphatic rings. The molecular weight excluding hydrogens is 458 g/mol. The zero-order chi connectivity index (χ0) is 24.5. The number of para-hydroxylation sites is 1. The third kappa shape index (κ3) is 5.06. The van der Waals surface area contributed by atoms with E-state index in [1.165, 1.54) is 6.20 Å². The Morgan fingerprint density at radius 3 is 2.71 bits per heavy atom. The molecule has 0 aliphatic carbocycles. The van der Waals surface area contributed by atoms with Gasteiger partial charge in [0.1, 0.15) is 18.1 Å². The first-order chi connectivity index (χ1) is 16.0. The highest BCUT2D eigenvalue weighted by atomic mass is 32.3. The summed E-state index contributed by atoms with van der Waals surface area (Å²) in [7, 11) is -3.40. The number of nitrogens with two attached hydrogens (primary N) is 1. The maximum absolute atomic E-state index is 12.9. The van der Waals surface area contributed by atoms with Crippen LogP contribution in [0.25, 0.3) is 11.3 Å². The van der Waals surface area contributed by atoms with E-state index < -0.39 is 16.5 Å². The molecule has 0 spiro atoms. The number of aromatic nitrogens is 1. The monoisotopic (exact) mass is 483 g/mol. The van der Waals surface area contributed by atoms with E-state index in [-0.39, 0.29) is 24.1 Å². The number of amidine groups is 1. The first kappa shape index (κ1) is 23.4. The molecule has 0 bridgehead atoms. The first-order valence-corrected chi connectivity index (χ1v) is 11.8. The van der Waals surface area contributed by atoms with Gasteiger partial charge in [-0.25, -0.2) is 0 Å². The molecule has 11 heteroatoms. The van der Waals surface area contributed by atoms with Gasteiger partial charge in [0.05, 0.1) is 22.5 Å². The standard InChI is InChI=1S/C23H25N5O5S/c1-23(2,13-33-19-9-5-7-16-20(19)21(24)28-34(31,32)27-16)26-22(30)14-10-11-25-17(12-14)15-6-3-4-8-18(15)29/h3-12,27,29,31-32H,13H2,1-2H3,(H2,24,28)(H,26,30). The van der Waals surface area contributed by atoms with Gasteiger partial charge < -0.3 is 20.9 Å². The summed E-state index contributed by atoms with van der Waals surface area (Å²) < 4.78 is 31.8. The van der Waals surface area contributed by atoms with E-state index in [0.717, 1.165) is 0 Å². The zero-order valence-corrected chi connectivity index (χ0v) is 19.3. The molecule has 0 radical (unpaired) electrons. The molecule has 0 atom stereocenters. The normalized spacial score (nSPS) is 15.4. The molecule has 0 unspecified atom stereocenters. The van der Waals surface area contributed by atoms with Crippen molar-refractivity contribution in [2.75, 3.05) is 11.3 Å². The quantitative estimate of drug-likeness (QED) is 0.309. The van der Waals surface area contributed by atoms with Crippen LogP contribution in [0.3, 0.4) is 0 Å². The molecule has 3 aromatic rings. The Labute approximate surface area is 198 Å². The number of benzene rings is 2. The topological polar surface area (TPSA) is 162 Å². The molecule has 2 aromatic carbocycles. The fraction of sp³-hybridized carbons (Fsp3) is 0.174. The van der Waals surface area contributed by atoms with Crippen molar-refractivity contribution >= 4 is 28.4 Å². The van der Waals surface area contributed by atoms with E-state index >= 15 is 0 Å². The minimum atomic E-state index is -3.40. The summed E-state index contributed by atoms with van der Waals surface area (Å²) >= 11 is 0. The Kier molecular flexibility index (Phi) is 6.09. The number of pyridine rings is 1. The molecule has 1 aliphatic heterocycles. The number of anilines is 1. The van der Waals surface area contributed by atoms with Crippen LogP contribution < -0.4 is 20.5 Å². The number of aromatic hydroxyl groups is 1. The second-order valence-corrected chi connectivity index (χ2v) is 9.77. The summed E-state index contributed by atoms with van der Waals surface area (Å²) in [5.41, 5.74) is 7.33. The van der Waals surface area contributed by atoms with Crippen molar-refractivity contribution in [3.63, 3.8) is 0 Å². The molecule has 4 rings (SSSR count). The number of phenols is 1. The number of rotatable bonds is 6. The van der Waals surface area contributed by atoms with Crippen LogP contribution >= 0.6 is 11.0 Å². The molecule has 0 fully saturated rings. The summed E-state index contributed by atoms with van der Waals surface area (Å²) in [6, 6.07) is 15.0. The molecular formula is C23H25N5O5S. The lowest BCUT2D eigenvalue weighted by Crippen LogP contribution is -2.48. The third-order valence-electron chi connectivity index (χ3n) is 5.00. The largest absolute Gasteiger partial charge is 0.507 e. The summed E-state index contributed by atoms with van der Waals surface area (Å²) in [5.74, 6) is 0.0689. The lowest BCUT2D eigenvalue weighted by atomic mass is 10.0. The zero-order valence-electron chi connectivity index (χ0n) is 18.5. The molecule has 10 nitrogen and oxygen atoms in total. The van der Waals surface area contributed by atoms with E-state index in [4.69, 9.17) is 10.5 Å². The van der Waals surface area contributed by atoms with Gasteiger partial charge in [-0.05, 0) is 61.2 Å². The predicted octanol–water partition coefficient (Wildman–Crippen LogP) is 3.75. The Morgan fingerprint density at radius 1 is 1.18 bits per heavy atom. The summed E-state index contributed by atoms with van der Waals surface area (Å²) in [6.45, 7) is 3.70. The fourth-order valence-corrected chi connectivity index (χ4v) is 4.31. The smallest absolute Gasteiger partial charge is 0.251 e. The van der Waals surface area contributed by atoms with Gasteiger partial charge in [0.15, 0.2) is 5.84 Å². The van der Waals surface area contributed by atoms with Crippen LogP contribution in [0.4, 0.5) is 5.69 Å². The van der Waals surface area contributed by atoms with E-state index in [2.05, 4.69) is 19.4 Å². The van der Waals surface area contributed by atoms with Crippen LogP contribution in [0.2, 0.25) is 0 Å². The number of ether oxygens (including phenoxy) is 1. The molecule has 1 amide bonds. The number of hydrogen-bond donors (Lipinski definition) is 6. The van der Waals surface area contributed by atoms with Crippen molar-refractivity contribution in [1.29, 1.82) is 0 Å². The molecule has 2 heterocycles. The van der Waals surface area contributed by atoms with Crippen LogP contribution in [0, 0.1) is 0 Å². The average Bonchev–Trinajstić information content (AvgIpc) is 2.77. The van der Waals surface area contributed by atoms with Crippen LogP contribution in [0.1, 0.15) is 29.8 Å². The van der Waals surface area contributed by atoms with Crippen LogP contribution in [-0.2, 0) is 0 Å². The summed E-state index contributed by atoms with van der Waals surface area (Å²) in [6.07, 6.45) is 1.51. The van der Waals surface area contributed by atoms with Gasteiger partial charge in [-0.3, -0.25) is 23.6 Å². The molecule has 34 heavy (non-hydrogen) atoms. The van der Waals surface area contributed by atoms with Gasteiger partial charge >= 0.3 is 0 Å². The number of hydrogen-bond acceptors (Lipinski definition) is 9. The van der Waals surface area contributed by atoms with E-state index in [9.17, 15) is 19.0 Å². The second kappa shape index (κ2) is 8.86. The average molecular weight is 484 g/mol. The number of amides is 1. The Bertz CT molecular complexity index is 1280. The Balaban J connectivity index is 1.48. The minimum absolute atomic E-state index is 0.0559. The van der Waals surface area contributed by atoms with E-state index in [0.29, 0.717) is 33.8 Å². The predicted molar refractivity (Wildman–Crippen MR) is 132 cm³/mol. The number of nitrogens with zero attached hydrogens (tertiary/aromatic N) is 2. The fourth-order valence-electron chi connectivity index (χ4n) is 3.44.